The Morgan fingerprint density at radius 2 is 1.96 bits per heavy atom. The summed E-state index contributed by atoms with van der Waals surface area (Å²) in [6, 6.07) is 5.26. The van der Waals surface area contributed by atoms with Crippen LogP contribution in [0.4, 0.5) is 5.69 Å². The van der Waals surface area contributed by atoms with Gasteiger partial charge in [-0.15, -0.1) is 0 Å². The Morgan fingerprint density at radius 3 is 2.60 bits per heavy atom. The van der Waals surface area contributed by atoms with Crippen molar-refractivity contribution in [3.8, 4) is 5.75 Å². The van der Waals surface area contributed by atoms with E-state index in [-0.39, 0.29) is 18.3 Å². The molecular weight excluding hydrogens is 346 g/mol. The van der Waals surface area contributed by atoms with E-state index in [0.29, 0.717) is 17.9 Å². The molecular formula is C16H19N3O5S. The fourth-order valence-corrected chi connectivity index (χ4v) is 4.58. The topological polar surface area (TPSA) is 112 Å². The van der Waals surface area contributed by atoms with Gasteiger partial charge in [-0.3, -0.25) is 14.1 Å². The Hall–Kier alpha value is -2.55. The lowest BCUT2D eigenvalue weighted by molar-refractivity contribution is 0.195. The maximum absolute atomic E-state index is 13.2. The lowest BCUT2D eigenvalue weighted by atomic mass is 10.1. The van der Waals surface area contributed by atoms with Crippen LogP contribution in [0.25, 0.3) is 0 Å². The third kappa shape index (κ3) is 2.95. The van der Waals surface area contributed by atoms with Crippen LogP contribution in [0, 0.1) is 13.8 Å². The normalized spacial score (nSPS) is 17.1. The molecule has 0 saturated heterocycles. The maximum Gasteiger partial charge on any atom is 0.325 e. The first-order valence-electron chi connectivity index (χ1n) is 7.87. The van der Waals surface area contributed by atoms with Gasteiger partial charge in [0.1, 0.15) is 11.9 Å². The van der Waals surface area contributed by atoms with Gasteiger partial charge in [0.2, 0.25) is 0 Å². The van der Waals surface area contributed by atoms with Crippen LogP contribution in [0.3, 0.4) is 0 Å². The van der Waals surface area contributed by atoms with Crippen LogP contribution in [0.1, 0.15) is 24.6 Å². The second kappa shape index (κ2) is 6.07. The number of anilines is 1. The molecule has 1 atom stereocenters. The van der Waals surface area contributed by atoms with Crippen LogP contribution in [-0.4, -0.2) is 31.0 Å². The van der Waals surface area contributed by atoms with Gasteiger partial charge in [-0.05, 0) is 38.0 Å². The molecule has 3 rings (SSSR count). The molecule has 134 valence electrons. The van der Waals surface area contributed by atoms with Crippen molar-refractivity contribution >= 4 is 15.7 Å². The Balaban J connectivity index is 2.23. The number of ether oxygens (including phenoxy) is 1. The van der Waals surface area contributed by atoms with E-state index in [1.807, 2.05) is 24.9 Å². The number of fused-ring (bicyclic) bond motifs is 1. The molecule has 0 saturated carbocycles. The zero-order valence-electron chi connectivity index (χ0n) is 14.1. The molecule has 2 N–H and O–H groups in total. The Bertz CT molecular complexity index is 1040. The Morgan fingerprint density at radius 1 is 1.24 bits per heavy atom. The van der Waals surface area contributed by atoms with E-state index < -0.39 is 26.2 Å². The molecule has 0 amide bonds. The number of nitrogens with one attached hydrogen (secondary N) is 2. The highest BCUT2D eigenvalue weighted by Gasteiger charge is 2.36. The van der Waals surface area contributed by atoms with Gasteiger partial charge < -0.3 is 9.72 Å². The average Bonchev–Trinajstić information content (AvgIpc) is 2.52. The maximum atomic E-state index is 13.2. The van der Waals surface area contributed by atoms with Crippen molar-refractivity contribution in [1.29, 1.82) is 0 Å². The first-order valence-corrected chi connectivity index (χ1v) is 9.31. The van der Waals surface area contributed by atoms with Crippen LogP contribution in [-0.2, 0) is 10.0 Å². The summed E-state index contributed by atoms with van der Waals surface area (Å²) in [7, 11) is -4.17. The van der Waals surface area contributed by atoms with Gasteiger partial charge in [0, 0.05) is 5.69 Å². The predicted molar refractivity (Wildman–Crippen MR) is 92.8 cm³/mol. The van der Waals surface area contributed by atoms with E-state index in [0.717, 1.165) is 5.56 Å². The molecule has 1 aliphatic rings. The third-order valence-electron chi connectivity index (χ3n) is 4.12. The minimum absolute atomic E-state index is 0.00231. The second-order valence-electron chi connectivity index (χ2n) is 6.02. The van der Waals surface area contributed by atoms with Gasteiger partial charge >= 0.3 is 5.69 Å². The van der Waals surface area contributed by atoms with Gasteiger partial charge in [0.05, 0.1) is 12.2 Å². The molecule has 0 radical (unpaired) electrons. The summed E-state index contributed by atoms with van der Waals surface area (Å²) in [5.41, 5.74) is -0.428. The second-order valence-corrected chi connectivity index (χ2v) is 7.82. The fourth-order valence-electron chi connectivity index (χ4n) is 2.87. The highest BCUT2D eigenvalue weighted by Crippen LogP contribution is 2.37. The number of nitrogens with zero attached hydrogens (tertiary/aromatic N) is 1. The number of hydrogen-bond donors (Lipinski definition) is 2. The lowest BCUT2D eigenvalue weighted by Gasteiger charge is -2.35. The summed E-state index contributed by atoms with van der Waals surface area (Å²) in [4.78, 5) is 27.4. The van der Waals surface area contributed by atoms with Crippen molar-refractivity contribution < 1.29 is 13.2 Å². The third-order valence-corrected chi connectivity index (χ3v) is 6.06. The first-order chi connectivity index (χ1) is 11.7. The first kappa shape index (κ1) is 17.3. The van der Waals surface area contributed by atoms with E-state index in [1.54, 1.807) is 12.1 Å². The Kier molecular flexibility index (Phi) is 4.19. The van der Waals surface area contributed by atoms with Crippen molar-refractivity contribution in [2.75, 3.05) is 10.8 Å². The highest BCUT2D eigenvalue weighted by atomic mass is 32.2. The van der Waals surface area contributed by atoms with Crippen molar-refractivity contribution in [1.82, 2.24) is 9.97 Å². The van der Waals surface area contributed by atoms with Crippen molar-refractivity contribution in [3.63, 3.8) is 0 Å². The molecule has 2 heterocycles. The molecule has 0 bridgehead atoms. The summed E-state index contributed by atoms with van der Waals surface area (Å²) in [5, 5.41) is 0. The van der Waals surface area contributed by atoms with Crippen LogP contribution >= 0.6 is 0 Å². The molecule has 1 aromatic carbocycles. The monoisotopic (exact) mass is 365 g/mol. The van der Waals surface area contributed by atoms with Crippen LogP contribution < -0.4 is 20.3 Å². The molecule has 2 aromatic rings. The van der Waals surface area contributed by atoms with Gasteiger partial charge in [0.25, 0.3) is 15.6 Å². The quantitative estimate of drug-likeness (QED) is 0.844. The van der Waals surface area contributed by atoms with E-state index in [2.05, 4.69) is 4.98 Å². The van der Waals surface area contributed by atoms with Crippen LogP contribution in [0.5, 0.6) is 5.75 Å². The fraction of sp³-hybridized carbons (Fsp3) is 0.375. The molecule has 9 heteroatoms. The molecule has 25 heavy (non-hydrogen) atoms. The number of rotatable bonds is 3. The van der Waals surface area contributed by atoms with Gasteiger partial charge in [-0.2, -0.15) is 0 Å². The number of aromatic amines is 2. The summed E-state index contributed by atoms with van der Waals surface area (Å²) in [6.07, 6.45) is 0.285. The van der Waals surface area contributed by atoms with Crippen molar-refractivity contribution in [2.24, 2.45) is 0 Å². The molecule has 0 fully saturated rings. The van der Waals surface area contributed by atoms with Crippen molar-refractivity contribution in [3.05, 3.63) is 50.3 Å². The van der Waals surface area contributed by atoms with Crippen molar-refractivity contribution in [2.45, 2.75) is 38.2 Å². The highest BCUT2D eigenvalue weighted by molar-refractivity contribution is 7.92. The molecule has 1 aromatic heterocycles. The minimum atomic E-state index is -4.17. The smallest absolute Gasteiger partial charge is 0.325 e. The SMILES string of the molecule is CCC1CN(S(=O)(=O)c2c(C)[nH]c(=O)[nH]c2=O)c2cc(C)ccc2O1. The van der Waals surface area contributed by atoms with E-state index in [1.165, 1.54) is 11.2 Å². The number of aromatic nitrogens is 2. The van der Waals surface area contributed by atoms with Crippen LogP contribution in [0.15, 0.2) is 32.7 Å². The summed E-state index contributed by atoms with van der Waals surface area (Å²) in [6.45, 7) is 5.22. The molecule has 8 nitrogen and oxygen atoms in total. The number of benzene rings is 1. The Labute approximate surface area is 144 Å². The largest absolute Gasteiger partial charge is 0.486 e. The van der Waals surface area contributed by atoms with Gasteiger partial charge in [0.15, 0.2) is 4.90 Å². The molecule has 1 unspecified atom stereocenters. The van der Waals surface area contributed by atoms with E-state index in [4.69, 9.17) is 4.74 Å². The van der Waals surface area contributed by atoms with E-state index in [9.17, 15) is 18.0 Å². The molecule has 0 spiro atoms. The summed E-state index contributed by atoms with van der Waals surface area (Å²) < 4.78 is 33.4. The number of aryl methyl sites for hydroxylation is 2. The van der Waals surface area contributed by atoms with Gasteiger partial charge in [-0.1, -0.05) is 13.0 Å². The number of hydrogen-bond acceptors (Lipinski definition) is 5. The standard InChI is InChI=1S/C16H19N3O5S/c1-4-11-8-19(12-7-9(2)5-6-13(12)24-11)25(22,23)14-10(3)17-16(21)18-15(14)20/h5-7,11H,4,8H2,1-3H3,(H2,17,18,20,21). The minimum Gasteiger partial charge on any atom is -0.486 e. The zero-order valence-corrected chi connectivity index (χ0v) is 14.9. The lowest BCUT2D eigenvalue weighted by Crippen LogP contribution is -2.45. The zero-order chi connectivity index (χ0) is 18.4. The van der Waals surface area contributed by atoms with Crippen LogP contribution in [0.2, 0.25) is 0 Å². The summed E-state index contributed by atoms with van der Waals surface area (Å²) in [5.74, 6) is 0.450. The molecule has 0 aliphatic carbocycles. The van der Waals surface area contributed by atoms with E-state index >= 15 is 0 Å². The summed E-state index contributed by atoms with van der Waals surface area (Å²) >= 11 is 0. The predicted octanol–water partition coefficient (Wildman–Crippen LogP) is 1.05. The number of H-pyrrole nitrogens is 2. The average molecular weight is 365 g/mol. The molecule has 1 aliphatic heterocycles. The number of sulfonamides is 1. The van der Waals surface area contributed by atoms with Gasteiger partial charge in [-0.25, -0.2) is 13.2 Å².